The molecule has 0 saturated carbocycles. The average Bonchev–Trinajstić information content (AvgIpc) is 2.41. The van der Waals surface area contributed by atoms with Crippen LogP contribution in [0.15, 0.2) is 30.3 Å². The molecule has 1 atom stereocenters. The Kier molecular flexibility index (Phi) is 4.15. The summed E-state index contributed by atoms with van der Waals surface area (Å²) >= 11 is 6.59. The summed E-state index contributed by atoms with van der Waals surface area (Å²) in [5.41, 5.74) is 0.539. The first-order valence-corrected chi connectivity index (χ1v) is 7.42. The normalized spacial score (nSPS) is 21.8. The number of amides is 2. The summed E-state index contributed by atoms with van der Waals surface area (Å²) in [6.45, 7) is 3.82. The van der Waals surface area contributed by atoms with Gasteiger partial charge in [0.25, 0.3) is 11.8 Å². The first-order valence-electron chi connectivity index (χ1n) is 6.19. The number of nitrogens with one attached hydrogen (secondary N) is 1. The highest BCUT2D eigenvalue weighted by atomic mass is 32.2. The number of hydrogen-bond donors (Lipinski definition) is 1. The van der Waals surface area contributed by atoms with Gasteiger partial charge in [-0.15, -0.1) is 0 Å². The van der Waals surface area contributed by atoms with E-state index >= 15 is 0 Å². The maximum atomic E-state index is 12.3. The van der Waals surface area contributed by atoms with Crippen molar-refractivity contribution in [2.24, 2.45) is 0 Å². The number of hydrogen-bond acceptors (Lipinski definition) is 4. The van der Waals surface area contributed by atoms with Crippen LogP contribution in [-0.2, 0) is 4.79 Å². The Labute approximate surface area is 127 Å². The van der Waals surface area contributed by atoms with Crippen molar-refractivity contribution in [3.63, 3.8) is 0 Å². The minimum absolute atomic E-state index is 0.178. The van der Waals surface area contributed by atoms with Gasteiger partial charge in [0.15, 0.2) is 0 Å². The highest BCUT2D eigenvalue weighted by Gasteiger charge is 2.45. The quantitative estimate of drug-likeness (QED) is 0.850. The monoisotopic (exact) mass is 308 g/mol. The van der Waals surface area contributed by atoms with Crippen molar-refractivity contribution in [1.29, 1.82) is 0 Å². The molecule has 6 heteroatoms. The number of benzene rings is 1. The van der Waals surface area contributed by atoms with Crippen LogP contribution in [-0.4, -0.2) is 38.9 Å². The molecule has 0 aliphatic carbocycles. The Morgan fingerprint density at radius 2 is 1.95 bits per heavy atom. The second-order valence-electron chi connectivity index (χ2n) is 5.14. The predicted octanol–water partition coefficient (Wildman–Crippen LogP) is 2.05. The third-order valence-corrected chi connectivity index (χ3v) is 4.94. The molecule has 2 amide bonds. The van der Waals surface area contributed by atoms with Crippen LogP contribution in [0.2, 0.25) is 0 Å². The number of likely N-dealkylation sites (N-methyl/N-ethyl adjacent to an activating group) is 1. The first-order chi connectivity index (χ1) is 9.33. The molecule has 4 nitrogen and oxygen atoms in total. The van der Waals surface area contributed by atoms with Crippen molar-refractivity contribution in [2.45, 2.75) is 24.6 Å². The van der Waals surface area contributed by atoms with E-state index in [1.165, 1.54) is 16.7 Å². The van der Waals surface area contributed by atoms with Crippen molar-refractivity contribution >= 4 is 40.1 Å². The zero-order chi connectivity index (χ0) is 14.9. The topological polar surface area (TPSA) is 49.4 Å². The summed E-state index contributed by atoms with van der Waals surface area (Å²) in [4.78, 5) is 26.0. The minimum Gasteiger partial charge on any atom is -0.339 e. The van der Waals surface area contributed by atoms with Gasteiger partial charge in [-0.05, 0) is 26.0 Å². The largest absolute Gasteiger partial charge is 0.339 e. The highest BCUT2D eigenvalue weighted by Crippen LogP contribution is 2.35. The Morgan fingerprint density at radius 1 is 1.35 bits per heavy atom. The number of nitrogens with zero attached hydrogens (tertiary/aromatic N) is 1. The lowest BCUT2D eigenvalue weighted by molar-refractivity contribution is -0.129. The van der Waals surface area contributed by atoms with Crippen LogP contribution in [0.5, 0.6) is 0 Å². The number of carbonyl (C=O) groups is 2. The van der Waals surface area contributed by atoms with E-state index in [1.54, 1.807) is 31.3 Å². The van der Waals surface area contributed by atoms with Gasteiger partial charge in [-0.1, -0.05) is 42.2 Å². The van der Waals surface area contributed by atoms with Crippen LogP contribution in [0.4, 0.5) is 0 Å². The molecule has 1 unspecified atom stereocenters. The van der Waals surface area contributed by atoms with Gasteiger partial charge in [0.2, 0.25) is 0 Å². The molecule has 1 heterocycles. The van der Waals surface area contributed by atoms with Gasteiger partial charge in [-0.3, -0.25) is 14.5 Å². The Balaban J connectivity index is 2.21. The molecule has 0 spiro atoms. The predicted molar refractivity (Wildman–Crippen MR) is 84.7 cm³/mol. The van der Waals surface area contributed by atoms with E-state index in [2.05, 4.69) is 5.32 Å². The SMILES string of the molecule is CN1C(=O)C(NC(=O)c2ccccc2)C(C)(C)SC1=S. The Bertz CT molecular complexity index is 558. The van der Waals surface area contributed by atoms with Crippen LogP contribution < -0.4 is 5.32 Å². The van der Waals surface area contributed by atoms with Crippen LogP contribution in [0.3, 0.4) is 0 Å². The number of carbonyl (C=O) groups excluding carboxylic acids is 2. The van der Waals surface area contributed by atoms with E-state index < -0.39 is 10.8 Å². The van der Waals surface area contributed by atoms with Crippen molar-refractivity contribution in [3.8, 4) is 0 Å². The fourth-order valence-corrected chi connectivity index (χ4v) is 3.66. The second kappa shape index (κ2) is 5.54. The summed E-state index contributed by atoms with van der Waals surface area (Å²) < 4.78 is 0.0655. The van der Waals surface area contributed by atoms with Gasteiger partial charge in [-0.25, -0.2) is 0 Å². The summed E-state index contributed by atoms with van der Waals surface area (Å²) in [6, 6.07) is 8.26. The van der Waals surface area contributed by atoms with Gasteiger partial charge in [0, 0.05) is 17.4 Å². The number of thiocarbonyl (C=S) groups is 1. The smallest absolute Gasteiger partial charge is 0.251 e. The van der Waals surface area contributed by atoms with Crippen molar-refractivity contribution < 1.29 is 9.59 Å². The molecule has 1 saturated heterocycles. The fraction of sp³-hybridized carbons (Fsp3) is 0.357. The second-order valence-corrected chi connectivity index (χ2v) is 7.43. The van der Waals surface area contributed by atoms with E-state index in [-0.39, 0.29) is 11.8 Å². The molecule has 1 aliphatic heterocycles. The average molecular weight is 308 g/mol. The van der Waals surface area contributed by atoms with Crippen molar-refractivity contribution in [3.05, 3.63) is 35.9 Å². The molecule has 1 fully saturated rings. The van der Waals surface area contributed by atoms with Gasteiger partial charge in [0.1, 0.15) is 10.4 Å². The summed E-state index contributed by atoms with van der Waals surface area (Å²) in [6.07, 6.45) is 0. The molecular weight excluding hydrogens is 292 g/mol. The van der Waals surface area contributed by atoms with Crippen molar-refractivity contribution in [2.75, 3.05) is 7.05 Å². The van der Waals surface area contributed by atoms with E-state index in [0.29, 0.717) is 9.88 Å². The molecule has 20 heavy (non-hydrogen) atoms. The van der Waals surface area contributed by atoms with Crippen LogP contribution in [0.1, 0.15) is 24.2 Å². The summed E-state index contributed by atoms with van der Waals surface area (Å²) in [5, 5.41) is 2.82. The minimum atomic E-state index is -0.600. The van der Waals surface area contributed by atoms with Gasteiger partial charge in [-0.2, -0.15) is 0 Å². The Hall–Kier alpha value is -1.40. The molecule has 106 valence electrons. The van der Waals surface area contributed by atoms with E-state index in [4.69, 9.17) is 12.2 Å². The number of thioether (sulfide) groups is 1. The lowest BCUT2D eigenvalue weighted by Gasteiger charge is -2.41. The molecule has 0 aromatic heterocycles. The molecule has 2 rings (SSSR count). The van der Waals surface area contributed by atoms with Gasteiger partial charge >= 0.3 is 0 Å². The molecule has 0 bridgehead atoms. The summed E-state index contributed by atoms with van der Waals surface area (Å²) in [7, 11) is 1.63. The molecule has 1 aromatic carbocycles. The Morgan fingerprint density at radius 3 is 2.55 bits per heavy atom. The lowest BCUT2D eigenvalue weighted by Crippen LogP contribution is -2.61. The standard InChI is InChI=1S/C14H16N2O2S2/c1-14(2)10(12(18)16(3)13(19)20-14)15-11(17)9-7-5-4-6-8-9/h4-8,10H,1-3H3,(H,15,17). The zero-order valence-electron chi connectivity index (χ0n) is 11.5. The number of rotatable bonds is 2. The molecular formula is C14H16N2O2S2. The highest BCUT2D eigenvalue weighted by molar-refractivity contribution is 8.24. The van der Waals surface area contributed by atoms with Crippen LogP contribution in [0, 0.1) is 0 Å². The lowest BCUT2D eigenvalue weighted by atomic mass is 10.0. The van der Waals surface area contributed by atoms with Crippen LogP contribution in [0.25, 0.3) is 0 Å². The van der Waals surface area contributed by atoms with E-state index in [0.717, 1.165) is 0 Å². The van der Waals surface area contributed by atoms with Crippen LogP contribution >= 0.6 is 24.0 Å². The third kappa shape index (κ3) is 2.86. The summed E-state index contributed by atoms with van der Waals surface area (Å²) in [5.74, 6) is -0.429. The van der Waals surface area contributed by atoms with Crippen molar-refractivity contribution in [1.82, 2.24) is 10.2 Å². The first kappa shape index (κ1) is 15.0. The molecule has 1 aromatic rings. The van der Waals surface area contributed by atoms with Gasteiger partial charge < -0.3 is 5.32 Å². The zero-order valence-corrected chi connectivity index (χ0v) is 13.2. The fourth-order valence-electron chi connectivity index (χ4n) is 1.97. The molecule has 1 aliphatic rings. The maximum absolute atomic E-state index is 12.3. The molecule has 0 radical (unpaired) electrons. The van der Waals surface area contributed by atoms with E-state index in [1.807, 2.05) is 19.9 Å². The molecule has 1 N–H and O–H groups in total. The maximum Gasteiger partial charge on any atom is 0.251 e. The van der Waals surface area contributed by atoms with E-state index in [9.17, 15) is 9.59 Å². The van der Waals surface area contributed by atoms with Gasteiger partial charge in [0.05, 0.1) is 0 Å². The third-order valence-electron chi connectivity index (χ3n) is 3.21.